The van der Waals surface area contributed by atoms with Crippen molar-refractivity contribution in [1.29, 1.82) is 0 Å². The molecule has 24 heavy (non-hydrogen) atoms. The molecule has 3 aromatic rings. The van der Waals surface area contributed by atoms with E-state index in [4.69, 9.17) is 28.3 Å². The van der Waals surface area contributed by atoms with Crippen LogP contribution in [0.25, 0.3) is 22.0 Å². The molecule has 124 valence electrons. The highest BCUT2D eigenvalue weighted by atomic mass is 35.5. The molecular formula is C18H16Cl2N2O2. The molecule has 0 amide bonds. The van der Waals surface area contributed by atoms with Crippen LogP contribution in [0.5, 0.6) is 0 Å². The van der Waals surface area contributed by atoms with Crippen LogP contribution in [0, 0.1) is 6.92 Å². The second kappa shape index (κ2) is 7.03. The van der Waals surface area contributed by atoms with Crippen molar-refractivity contribution >= 4 is 34.1 Å². The summed E-state index contributed by atoms with van der Waals surface area (Å²) in [5, 5.41) is 20.7. The van der Waals surface area contributed by atoms with Crippen LogP contribution in [0.3, 0.4) is 0 Å². The van der Waals surface area contributed by atoms with Gasteiger partial charge in [-0.15, -0.1) is 0 Å². The second-order valence-electron chi connectivity index (χ2n) is 5.60. The van der Waals surface area contributed by atoms with E-state index in [1.807, 2.05) is 19.1 Å². The zero-order valence-corrected chi connectivity index (χ0v) is 14.5. The number of rotatable bonds is 4. The SMILES string of the molecule is Cc1ccc2c(CC(O)CO)ncc(-c3c(Cl)cccc3Cl)c2n1. The third-order valence-electron chi connectivity index (χ3n) is 3.82. The lowest BCUT2D eigenvalue weighted by atomic mass is 10.0. The minimum Gasteiger partial charge on any atom is -0.394 e. The first-order valence-corrected chi connectivity index (χ1v) is 8.25. The van der Waals surface area contributed by atoms with Gasteiger partial charge >= 0.3 is 0 Å². The molecule has 0 aliphatic carbocycles. The first-order valence-electron chi connectivity index (χ1n) is 7.49. The van der Waals surface area contributed by atoms with Crippen molar-refractivity contribution in [2.24, 2.45) is 0 Å². The van der Waals surface area contributed by atoms with Crippen LogP contribution < -0.4 is 0 Å². The summed E-state index contributed by atoms with van der Waals surface area (Å²) in [4.78, 5) is 9.08. The highest BCUT2D eigenvalue weighted by molar-refractivity contribution is 6.39. The maximum atomic E-state index is 9.75. The first kappa shape index (κ1) is 17.1. The fraction of sp³-hybridized carbons (Fsp3) is 0.222. The van der Waals surface area contributed by atoms with Gasteiger partial charge in [0.2, 0.25) is 0 Å². The molecule has 0 spiro atoms. The Morgan fingerprint density at radius 2 is 1.83 bits per heavy atom. The average Bonchev–Trinajstić information content (AvgIpc) is 2.56. The Hall–Kier alpha value is -1.72. The van der Waals surface area contributed by atoms with E-state index in [0.717, 1.165) is 22.2 Å². The molecule has 1 unspecified atom stereocenters. The number of aryl methyl sites for hydroxylation is 1. The standard InChI is InChI=1S/C18H16Cl2N2O2/c1-10-5-6-12-16(7-11(24)9-23)21-8-13(18(12)22-10)17-14(19)3-2-4-15(17)20/h2-6,8,11,23-24H,7,9H2,1H3. The first-order chi connectivity index (χ1) is 11.5. The lowest BCUT2D eigenvalue weighted by molar-refractivity contribution is 0.0950. The Balaban J connectivity index is 2.27. The summed E-state index contributed by atoms with van der Waals surface area (Å²) < 4.78 is 0. The van der Waals surface area contributed by atoms with Crippen LogP contribution >= 0.6 is 23.2 Å². The van der Waals surface area contributed by atoms with Crippen molar-refractivity contribution in [3.05, 3.63) is 58.0 Å². The molecule has 1 atom stereocenters. The van der Waals surface area contributed by atoms with Crippen molar-refractivity contribution in [2.45, 2.75) is 19.4 Å². The molecule has 3 rings (SSSR count). The van der Waals surface area contributed by atoms with Gasteiger partial charge in [0.15, 0.2) is 0 Å². The van der Waals surface area contributed by atoms with Crippen molar-refractivity contribution in [2.75, 3.05) is 6.61 Å². The van der Waals surface area contributed by atoms with Gasteiger partial charge in [-0.1, -0.05) is 29.3 Å². The molecule has 0 fully saturated rings. The Labute approximate surface area is 149 Å². The van der Waals surface area contributed by atoms with Crippen molar-refractivity contribution in [3.63, 3.8) is 0 Å². The van der Waals surface area contributed by atoms with Gasteiger partial charge in [0.25, 0.3) is 0 Å². The number of hydrogen-bond acceptors (Lipinski definition) is 4. The smallest absolute Gasteiger partial charge is 0.0826 e. The summed E-state index contributed by atoms with van der Waals surface area (Å²) in [5.74, 6) is 0. The predicted molar refractivity (Wildman–Crippen MR) is 96.5 cm³/mol. The Morgan fingerprint density at radius 1 is 1.12 bits per heavy atom. The van der Waals surface area contributed by atoms with E-state index >= 15 is 0 Å². The predicted octanol–water partition coefficient (Wildman–Crippen LogP) is 3.81. The number of hydrogen-bond donors (Lipinski definition) is 2. The number of aromatic nitrogens is 2. The number of nitrogens with zero attached hydrogens (tertiary/aromatic N) is 2. The van der Waals surface area contributed by atoms with Crippen molar-refractivity contribution in [3.8, 4) is 11.1 Å². The van der Waals surface area contributed by atoms with Crippen LogP contribution in [0.4, 0.5) is 0 Å². The summed E-state index contributed by atoms with van der Waals surface area (Å²) >= 11 is 12.7. The van der Waals surface area contributed by atoms with E-state index in [2.05, 4.69) is 9.97 Å². The van der Waals surface area contributed by atoms with Gasteiger partial charge in [-0.25, -0.2) is 0 Å². The van der Waals surface area contributed by atoms with Crippen LogP contribution in [-0.4, -0.2) is 32.9 Å². The highest BCUT2D eigenvalue weighted by Crippen LogP contribution is 2.38. The summed E-state index contributed by atoms with van der Waals surface area (Å²) in [6.45, 7) is 1.58. The zero-order valence-electron chi connectivity index (χ0n) is 13.0. The van der Waals surface area contributed by atoms with E-state index in [1.54, 1.807) is 24.4 Å². The molecule has 0 saturated heterocycles. The van der Waals surface area contributed by atoms with Gasteiger partial charge in [-0.3, -0.25) is 9.97 Å². The lowest BCUT2D eigenvalue weighted by Crippen LogP contribution is -2.16. The number of fused-ring (bicyclic) bond motifs is 1. The molecule has 0 saturated carbocycles. The van der Waals surface area contributed by atoms with Gasteiger partial charge in [0.05, 0.1) is 34.0 Å². The van der Waals surface area contributed by atoms with Gasteiger partial charge < -0.3 is 10.2 Å². The number of halogens is 2. The molecule has 4 nitrogen and oxygen atoms in total. The summed E-state index contributed by atoms with van der Waals surface area (Å²) in [5.41, 5.74) is 3.68. The minimum atomic E-state index is -0.864. The van der Waals surface area contributed by atoms with Gasteiger partial charge in [0.1, 0.15) is 0 Å². The number of aliphatic hydroxyl groups is 2. The number of benzene rings is 1. The summed E-state index contributed by atoms with van der Waals surface area (Å²) in [7, 11) is 0. The van der Waals surface area contributed by atoms with Gasteiger partial charge in [-0.05, 0) is 31.2 Å². The second-order valence-corrected chi connectivity index (χ2v) is 6.42. The van der Waals surface area contributed by atoms with Crippen LogP contribution in [0.15, 0.2) is 36.5 Å². The minimum absolute atomic E-state index is 0.244. The third kappa shape index (κ3) is 3.23. The molecule has 0 aliphatic heterocycles. The maximum Gasteiger partial charge on any atom is 0.0826 e. The van der Waals surface area contributed by atoms with Gasteiger partial charge in [-0.2, -0.15) is 0 Å². The fourth-order valence-electron chi connectivity index (χ4n) is 2.66. The maximum absolute atomic E-state index is 9.75. The number of pyridine rings is 2. The van der Waals surface area contributed by atoms with E-state index in [-0.39, 0.29) is 13.0 Å². The molecule has 2 heterocycles. The van der Waals surface area contributed by atoms with Crippen LogP contribution in [0.1, 0.15) is 11.4 Å². The Bertz CT molecular complexity index is 879. The summed E-state index contributed by atoms with van der Waals surface area (Å²) in [6, 6.07) is 9.13. The van der Waals surface area contributed by atoms with Crippen molar-refractivity contribution in [1.82, 2.24) is 9.97 Å². The van der Waals surface area contributed by atoms with E-state index in [9.17, 15) is 5.11 Å². The van der Waals surface area contributed by atoms with E-state index < -0.39 is 6.10 Å². The zero-order chi connectivity index (χ0) is 17.3. The topological polar surface area (TPSA) is 66.2 Å². The fourth-order valence-corrected chi connectivity index (χ4v) is 3.26. The third-order valence-corrected chi connectivity index (χ3v) is 4.45. The van der Waals surface area contributed by atoms with Crippen LogP contribution in [-0.2, 0) is 6.42 Å². The monoisotopic (exact) mass is 362 g/mol. The lowest BCUT2D eigenvalue weighted by Gasteiger charge is -2.14. The normalized spacial score (nSPS) is 12.5. The Morgan fingerprint density at radius 3 is 2.50 bits per heavy atom. The van der Waals surface area contributed by atoms with Crippen molar-refractivity contribution < 1.29 is 10.2 Å². The quantitative estimate of drug-likeness (QED) is 0.740. The molecule has 2 N–H and O–H groups in total. The molecule has 0 bridgehead atoms. The van der Waals surface area contributed by atoms with Crippen LogP contribution in [0.2, 0.25) is 10.0 Å². The molecule has 6 heteroatoms. The molecular weight excluding hydrogens is 347 g/mol. The molecule has 0 radical (unpaired) electrons. The van der Waals surface area contributed by atoms with Gasteiger partial charge in [0, 0.05) is 34.8 Å². The summed E-state index contributed by atoms with van der Waals surface area (Å²) in [6.07, 6.45) is 1.05. The largest absolute Gasteiger partial charge is 0.394 e. The average molecular weight is 363 g/mol. The van der Waals surface area contributed by atoms with E-state index in [1.165, 1.54) is 0 Å². The van der Waals surface area contributed by atoms with E-state index in [0.29, 0.717) is 21.3 Å². The molecule has 2 aromatic heterocycles. The highest BCUT2D eigenvalue weighted by Gasteiger charge is 2.17. The molecule has 1 aromatic carbocycles. The Kier molecular flexibility index (Phi) is 5.01. The molecule has 0 aliphatic rings. The number of aliphatic hydroxyl groups excluding tert-OH is 2.